The molecule has 0 N–H and O–H groups in total. The molecule has 0 aromatic carbocycles. The Balaban J connectivity index is 1.75. The van der Waals surface area contributed by atoms with E-state index in [0.29, 0.717) is 18.3 Å². The number of hydrogen-bond acceptors (Lipinski definition) is 2. The van der Waals surface area contributed by atoms with Crippen molar-refractivity contribution in [3.05, 3.63) is 11.6 Å². The van der Waals surface area contributed by atoms with E-state index in [2.05, 4.69) is 6.08 Å². The molecule has 1 aliphatic heterocycles. The summed E-state index contributed by atoms with van der Waals surface area (Å²) >= 11 is 0. The fourth-order valence-corrected chi connectivity index (χ4v) is 2.93. The van der Waals surface area contributed by atoms with Gasteiger partial charge in [0.1, 0.15) is 0 Å². The lowest BCUT2D eigenvalue weighted by atomic mass is 9.94. The zero-order valence-corrected chi connectivity index (χ0v) is 11.5. The highest BCUT2D eigenvalue weighted by atomic mass is 16.5. The number of ether oxygens (including phenoxy) is 1. The van der Waals surface area contributed by atoms with Gasteiger partial charge in [-0.05, 0) is 56.9 Å². The maximum atomic E-state index is 12.2. The fraction of sp³-hybridized carbons (Fsp3) is 0.812. The number of rotatable bonds is 4. The number of allylic oxidation sites excluding steroid dienone is 2. The lowest BCUT2D eigenvalue weighted by Gasteiger charge is -2.22. The van der Waals surface area contributed by atoms with Gasteiger partial charge in [-0.3, -0.25) is 4.79 Å². The average molecular weight is 250 g/mol. The highest BCUT2D eigenvalue weighted by Crippen LogP contribution is 2.22. The molecule has 1 saturated heterocycles. The summed E-state index contributed by atoms with van der Waals surface area (Å²) in [4.78, 5) is 12.2. The number of Topliss-reactive ketones (excluding diaryl/α,β-unsaturated/α-hetero) is 1. The second kappa shape index (κ2) is 7.73. The Labute approximate surface area is 111 Å². The molecule has 1 atom stereocenters. The third-order valence-corrected chi connectivity index (χ3v) is 4.12. The number of hydrogen-bond donors (Lipinski definition) is 0. The van der Waals surface area contributed by atoms with Crippen molar-refractivity contribution in [3.63, 3.8) is 0 Å². The maximum Gasteiger partial charge on any atom is 0.158 e. The van der Waals surface area contributed by atoms with Gasteiger partial charge in [0.2, 0.25) is 0 Å². The molecule has 1 fully saturated rings. The van der Waals surface area contributed by atoms with E-state index in [9.17, 15) is 4.79 Å². The van der Waals surface area contributed by atoms with Crippen molar-refractivity contribution < 1.29 is 9.53 Å². The van der Waals surface area contributed by atoms with Crippen molar-refractivity contribution in [1.82, 2.24) is 0 Å². The van der Waals surface area contributed by atoms with Gasteiger partial charge in [-0.1, -0.05) is 18.9 Å². The largest absolute Gasteiger partial charge is 0.378 e. The van der Waals surface area contributed by atoms with Gasteiger partial charge in [-0.25, -0.2) is 0 Å². The normalized spacial score (nSPS) is 26.0. The van der Waals surface area contributed by atoms with E-state index in [1.807, 2.05) is 0 Å². The van der Waals surface area contributed by atoms with Crippen molar-refractivity contribution in [2.45, 2.75) is 76.7 Å². The van der Waals surface area contributed by atoms with E-state index in [1.165, 1.54) is 38.5 Å². The molecule has 0 aromatic rings. The van der Waals surface area contributed by atoms with Gasteiger partial charge in [-0.15, -0.1) is 0 Å². The van der Waals surface area contributed by atoms with Gasteiger partial charge >= 0.3 is 0 Å². The summed E-state index contributed by atoms with van der Waals surface area (Å²) in [7, 11) is 0. The molecule has 2 rings (SSSR count). The Morgan fingerprint density at radius 1 is 1.17 bits per heavy atom. The van der Waals surface area contributed by atoms with Gasteiger partial charge in [0.05, 0.1) is 6.10 Å². The summed E-state index contributed by atoms with van der Waals surface area (Å²) in [6.45, 7) is 0.890. The van der Waals surface area contributed by atoms with Gasteiger partial charge in [0.25, 0.3) is 0 Å². The molecule has 1 heterocycles. The summed E-state index contributed by atoms with van der Waals surface area (Å²) in [6.07, 6.45) is 14.9. The zero-order chi connectivity index (χ0) is 12.6. The molecule has 0 amide bonds. The molecule has 0 spiro atoms. The van der Waals surface area contributed by atoms with Crippen LogP contribution in [0.3, 0.4) is 0 Å². The maximum absolute atomic E-state index is 12.2. The second-order valence-corrected chi connectivity index (χ2v) is 5.63. The molecule has 0 aromatic heterocycles. The number of carbonyl (C=O) groups is 1. The summed E-state index contributed by atoms with van der Waals surface area (Å²) < 4.78 is 5.69. The monoisotopic (exact) mass is 250 g/mol. The van der Waals surface area contributed by atoms with Crippen molar-refractivity contribution in [2.24, 2.45) is 0 Å². The van der Waals surface area contributed by atoms with E-state index in [1.54, 1.807) is 0 Å². The molecule has 1 aliphatic carbocycles. The van der Waals surface area contributed by atoms with Crippen LogP contribution in [0.5, 0.6) is 0 Å². The highest BCUT2D eigenvalue weighted by molar-refractivity contribution is 5.95. The minimum atomic E-state index is 0.344. The predicted molar refractivity (Wildman–Crippen MR) is 73.6 cm³/mol. The van der Waals surface area contributed by atoms with Crippen LogP contribution in [0, 0.1) is 0 Å². The van der Waals surface area contributed by atoms with Crippen LogP contribution in [0.1, 0.15) is 70.6 Å². The van der Waals surface area contributed by atoms with E-state index < -0.39 is 0 Å². The molecule has 1 unspecified atom stereocenters. The Kier molecular flexibility index (Phi) is 5.92. The molecular formula is C16H26O2. The Morgan fingerprint density at radius 2 is 2.06 bits per heavy atom. The smallest absolute Gasteiger partial charge is 0.158 e. The quantitative estimate of drug-likeness (QED) is 0.748. The van der Waals surface area contributed by atoms with Crippen molar-refractivity contribution in [1.29, 1.82) is 0 Å². The molecule has 0 radical (unpaired) electrons. The van der Waals surface area contributed by atoms with E-state index >= 15 is 0 Å². The van der Waals surface area contributed by atoms with Crippen LogP contribution in [0.25, 0.3) is 0 Å². The van der Waals surface area contributed by atoms with Gasteiger partial charge in [-0.2, -0.15) is 0 Å². The first-order chi connectivity index (χ1) is 8.86. The van der Waals surface area contributed by atoms with Crippen LogP contribution in [0.2, 0.25) is 0 Å². The second-order valence-electron chi connectivity index (χ2n) is 5.63. The first-order valence-electron chi connectivity index (χ1n) is 7.70. The van der Waals surface area contributed by atoms with Crippen LogP contribution in [0.15, 0.2) is 11.6 Å². The Hall–Kier alpha value is -0.630. The van der Waals surface area contributed by atoms with E-state index in [4.69, 9.17) is 4.74 Å². The molecule has 2 aliphatic rings. The average Bonchev–Trinajstić information content (AvgIpc) is 2.37. The van der Waals surface area contributed by atoms with Crippen molar-refractivity contribution in [3.8, 4) is 0 Å². The molecule has 2 heteroatoms. The molecule has 0 bridgehead atoms. The third-order valence-electron chi connectivity index (χ3n) is 4.12. The highest BCUT2D eigenvalue weighted by Gasteiger charge is 2.17. The van der Waals surface area contributed by atoms with Crippen LogP contribution in [0.4, 0.5) is 0 Å². The summed E-state index contributed by atoms with van der Waals surface area (Å²) in [5.74, 6) is 0.381. The first-order valence-corrected chi connectivity index (χ1v) is 7.70. The topological polar surface area (TPSA) is 26.3 Å². The minimum Gasteiger partial charge on any atom is -0.378 e. The van der Waals surface area contributed by atoms with Gasteiger partial charge in [0, 0.05) is 13.0 Å². The molecule has 2 nitrogen and oxygen atoms in total. The lowest BCUT2D eigenvalue weighted by molar-refractivity contribution is -0.116. The minimum absolute atomic E-state index is 0.344. The van der Waals surface area contributed by atoms with Crippen LogP contribution in [-0.4, -0.2) is 18.5 Å². The zero-order valence-electron chi connectivity index (χ0n) is 11.5. The standard InChI is InChI=1S/C16H26O2/c17-16(12-11-15-10-6-7-13-18-15)14-8-4-2-1-3-5-9-14/h8,15H,1-7,9-13H2. The SMILES string of the molecule is O=C(CCC1CCCCO1)C1=CCCCCCC1. The number of carbonyl (C=O) groups excluding carboxylic acids is 1. The van der Waals surface area contributed by atoms with Crippen LogP contribution in [-0.2, 0) is 9.53 Å². The fourth-order valence-electron chi connectivity index (χ4n) is 2.93. The molecule has 102 valence electrons. The Bertz CT molecular complexity index is 287. The van der Waals surface area contributed by atoms with E-state index in [-0.39, 0.29) is 0 Å². The van der Waals surface area contributed by atoms with Crippen molar-refractivity contribution >= 4 is 5.78 Å². The number of ketones is 1. The van der Waals surface area contributed by atoms with E-state index in [0.717, 1.165) is 37.9 Å². The van der Waals surface area contributed by atoms with Crippen LogP contribution >= 0.6 is 0 Å². The summed E-state index contributed by atoms with van der Waals surface area (Å²) in [5, 5.41) is 0. The lowest BCUT2D eigenvalue weighted by Crippen LogP contribution is -2.20. The van der Waals surface area contributed by atoms with Gasteiger partial charge < -0.3 is 4.74 Å². The van der Waals surface area contributed by atoms with Crippen LogP contribution < -0.4 is 0 Å². The third kappa shape index (κ3) is 4.56. The molecular weight excluding hydrogens is 224 g/mol. The molecule has 18 heavy (non-hydrogen) atoms. The summed E-state index contributed by atoms with van der Waals surface area (Å²) in [5.41, 5.74) is 1.10. The Morgan fingerprint density at radius 3 is 2.89 bits per heavy atom. The molecule has 0 saturated carbocycles. The predicted octanol–water partition coefficient (Wildman–Crippen LogP) is 4.19. The van der Waals surface area contributed by atoms with Gasteiger partial charge in [0.15, 0.2) is 5.78 Å². The van der Waals surface area contributed by atoms with Crippen molar-refractivity contribution in [2.75, 3.05) is 6.61 Å². The first kappa shape index (κ1) is 13.8. The summed E-state index contributed by atoms with van der Waals surface area (Å²) in [6, 6.07) is 0.